The molecule has 0 saturated carbocycles. The van der Waals surface area contributed by atoms with Gasteiger partial charge in [0.1, 0.15) is 0 Å². The largest absolute Gasteiger partial charge is 0.320 e. The maximum absolute atomic E-state index is 3.80. The molecule has 90 valence electrons. The molecule has 0 aromatic rings. The molecule has 0 aliphatic heterocycles. The van der Waals surface area contributed by atoms with Crippen LogP contribution in [0, 0.1) is 0 Å². The summed E-state index contributed by atoms with van der Waals surface area (Å²) in [5, 5.41) is 3.18. The van der Waals surface area contributed by atoms with Crippen molar-refractivity contribution in [2.75, 3.05) is 26.7 Å². The van der Waals surface area contributed by atoms with Gasteiger partial charge in [-0.05, 0) is 46.8 Å². The maximum Gasteiger partial charge on any atom is 0.0163 e. The van der Waals surface area contributed by atoms with Gasteiger partial charge in [0.25, 0.3) is 0 Å². The van der Waals surface area contributed by atoms with Gasteiger partial charge in [0.05, 0.1) is 0 Å². The zero-order valence-electron chi connectivity index (χ0n) is 10.8. The first-order valence-corrected chi connectivity index (χ1v) is 6.22. The number of nitrogens with zero attached hydrogens (tertiary/aromatic N) is 1. The van der Waals surface area contributed by atoms with Crippen molar-refractivity contribution >= 4 is 0 Å². The minimum absolute atomic E-state index is 0.639. The van der Waals surface area contributed by atoms with Crippen LogP contribution in [0.5, 0.6) is 0 Å². The highest BCUT2D eigenvalue weighted by molar-refractivity contribution is 4.75. The van der Waals surface area contributed by atoms with Crippen LogP contribution in [0.25, 0.3) is 0 Å². The first-order valence-electron chi connectivity index (χ1n) is 6.22. The van der Waals surface area contributed by atoms with Gasteiger partial charge in [-0.3, -0.25) is 4.90 Å². The fourth-order valence-corrected chi connectivity index (χ4v) is 1.70. The van der Waals surface area contributed by atoms with Crippen molar-refractivity contribution in [3.05, 3.63) is 12.7 Å². The summed E-state index contributed by atoms with van der Waals surface area (Å²) in [6.45, 7) is 11.7. The van der Waals surface area contributed by atoms with E-state index in [1.807, 2.05) is 13.1 Å². The van der Waals surface area contributed by atoms with Gasteiger partial charge in [-0.15, -0.1) is 6.58 Å². The molecule has 15 heavy (non-hydrogen) atoms. The second-order valence-corrected chi connectivity index (χ2v) is 4.40. The van der Waals surface area contributed by atoms with E-state index in [4.69, 9.17) is 0 Å². The average Bonchev–Trinajstić information content (AvgIpc) is 2.21. The van der Waals surface area contributed by atoms with E-state index in [9.17, 15) is 0 Å². The molecule has 0 fully saturated rings. The lowest BCUT2D eigenvalue weighted by molar-refractivity contribution is 0.240. The van der Waals surface area contributed by atoms with E-state index in [0.717, 1.165) is 13.1 Å². The molecule has 0 aliphatic rings. The highest BCUT2D eigenvalue weighted by Crippen LogP contribution is 2.04. The maximum atomic E-state index is 3.80. The first kappa shape index (κ1) is 14.7. The Labute approximate surface area is 95.7 Å². The number of nitrogens with one attached hydrogen (secondary N) is 1. The first-order chi connectivity index (χ1) is 7.22. The molecule has 2 nitrogen and oxygen atoms in total. The Morgan fingerprint density at radius 3 is 2.40 bits per heavy atom. The van der Waals surface area contributed by atoms with Crippen LogP contribution in [-0.4, -0.2) is 37.6 Å². The summed E-state index contributed by atoms with van der Waals surface area (Å²) >= 11 is 0. The molecule has 0 aliphatic carbocycles. The highest BCUT2D eigenvalue weighted by atomic mass is 15.1. The molecule has 0 spiro atoms. The van der Waals surface area contributed by atoms with Crippen molar-refractivity contribution in [1.82, 2.24) is 10.2 Å². The van der Waals surface area contributed by atoms with E-state index >= 15 is 0 Å². The Morgan fingerprint density at radius 1 is 1.20 bits per heavy atom. The molecule has 0 rings (SSSR count). The summed E-state index contributed by atoms with van der Waals surface area (Å²) in [6.07, 6.45) is 7.32. The standard InChI is InChI=1S/C13H28N2/c1-5-11-15(13(2)3)12-9-7-6-8-10-14-4/h5,13-14H,1,6-12H2,2-4H3. The van der Waals surface area contributed by atoms with Crippen molar-refractivity contribution in [1.29, 1.82) is 0 Å². The molecule has 0 saturated heterocycles. The van der Waals surface area contributed by atoms with Crippen LogP contribution in [0.1, 0.15) is 39.5 Å². The smallest absolute Gasteiger partial charge is 0.0163 e. The predicted octanol–water partition coefficient (Wildman–Crippen LogP) is 2.66. The zero-order valence-corrected chi connectivity index (χ0v) is 10.8. The summed E-state index contributed by atoms with van der Waals surface area (Å²) in [5.41, 5.74) is 0. The summed E-state index contributed by atoms with van der Waals surface area (Å²) in [6, 6.07) is 0.639. The van der Waals surface area contributed by atoms with Gasteiger partial charge < -0.3 is 5.32 Å². The van der Waals surface area contributed by atoms with E-state index < -0.39 is 0 Å². The van der Waals surface area contributed by atoms with Crippen LogP contribution >= 0.6 is 0 Å². The monoisotopic (exact) mass is 212 g/mol. The molecule has 0 aromatic carbocycles. The Balaban J connectivity index is 3.41. The molecular formula is C13H28N2. The lowest BCUT2D eigenvalue weighted by atomic mass is 10.1. The summed E-state index contributed by atoms with van der Waals surface area (Å²) < 4.78 is 0. The van der Waals surface area contributed by atoms with Gasteiger partial charge in [-0.2, -0.15) is 0 Å². The molecule has 0 radical (unpaired) electrons. The molecule has 0 unspecified atom stereocenters. The fraction of sp³-hybridized carbons (Fsp3) is 0.846. The lowest BCUT2D eigenvalue weighted by Crippen LogP contribution is -2.31. The Bertz CT molecular complexity index is 143. The van der Waals surface area contributed by atoms with Crippen molar-refractivity contribution < 1.29 is 0 Å². The van der Waals surface area contributed by atoms with E-state index in [1.54, 1.807) is 0 Å². The quantitative estimate of drug-likeness (QED) is 0.442. The third kappa shape index (κ3) is 8.64. The second-order valence-electron chi connectivity index (χ2n) is 4.40. The van der Waals surface area contributed by atoms with Gasteiger partial charge in [-0.1, -0.05) is 18.9 Å². The third-order valence-electron chi connectivity index (χ3n) is 2.72. The summed E-state index contributed by atoms with van der Waals surface area (Å²) in [4.78, 5) is 2.48. The zero-order chi connectivity index (χ0) is 11.5. The summed E-state index contributed by atoms with van der Waals surface area (Å²) in [5.74, 6) is 0. The lowest BCUT2D eigenvalue weighted by Gasteiger charge is -2.24. The van der Waals surface area contributed by atoms with Crippen LogP contribution in [0.15, 0.2) is 12.7 Å². The van der Waals surface area contributed by atoms with Crippen molar-refractivity contribution in [3.8, 4) is 0 Å². The number of hydrogen-bond donors (Lipinski definition) is 1. The minimum Gasteiger partial charge on any atom is -0.320 e. The van der Waals surface area contributed by atoms with Crippen LogP contribution < -0.4 is 5.32 Å². The van der Waals surface area contributed by atoms with Crippen molar-refractivity contribution in [3.63, 3.8) is 0 Å². The van der Waals surface area contributed by atoms with Gasteiger partial charge in [0.15, 0.2) is 0 Å². The topological polar surface area (TPSA) is 15.3 Å². The molecular weight excluding hydrogens is 184 g/mol. The van der Waals surface area contributed by atoms with Crippen molar-refractivity contribution in [2.45, 2.75) is 45.6 Å². The predicted molar refractivity (Wildman–Crippen MR) is 69.3 cm³/mol. The minimum atomic E-state index is 0.639. The molecule has 2 heteroatoms. The molecule has 0 amide bonds. The molecule has 1 N–H and O–H groups in total. The normalized spacial score (nSPS) is 11.3. The van der Waals surface area contributed by atoms with E-state index in [0.29, 0.717) is 6.04 Å². The SMILES string of the molecule is C=CCN(CCCCCCNC)C(C)C. The fourth-order valence-electron chi connectivity index (χ4n) is 1.70. The second kappa shape index (κ2) is 10.2. The third-order valence-corrected chi connectivity index (χ3v) is 2.72. The van der Waals surface area contributed by atoms with Gasteiger partial charge in [-0.25, -0.2) is 0 Å². The molecule has 0 heterocycles. The van der Waals surface area contributed by atoms with Crippen LogP contribution in [0.2, 0.25) is 0 Å². The van der Waals surface area contributed by atoms with E-state index in [1.165, 1.54) is 32.2 Å². The van der Waals surface area contributed by atoms with Gasteiger partial charge >= 0.3 is 0 Å². The van der Waals surface area contributed by atoms with E-state index in [2.05, 4.69) is 30.6 Å². The van der Waals surface area contributed by atoms with Crippen LogP contribution in [-0.2, 0) is 0 Å². The number of rotatable bonds is 10. The van der Waals surface area contributed by atoms with Gasteiger partial charge in [0, 0.05) is 12.6 Å². The molecule has 0 atom stereocenters. The molecule has 0 aromatic heterocycles. The Kier molecular flexibility index (Phi) is 9.96. The Hall–Kier alpha value is -0.340. The van der Waals surface area contributed by atoms with E-state index in [-0.39, 0.29) is 0 Å². The van der Waals surface area contributed by atoms with Crippen LogP contribution in [0.4, 0.5) is 0 Å². The Morgan fingerprint density at radius 2 is 1.87 bits per heavy atom. The summed E-state index contributed by atoms with van der Waals surface area (Å²) in [7, 11) is 2.02. The molecule has 0 bridgehead atoms. The number of unbranched alkanes of at least 4 members (excludes halogenated alkanes) is 3. The van der Waals surface area contributed by atoms with Gasteiger partial charge in [0.2, 0.25) is 0 Å². The average molecular weight is 212 g/mol. The van der Waals surface area contributed by atoms with Crippen molar-refractivity contribution in [2.24, 2.45) is 0 Å². The highest BCUT2D eigenvalue weighted by Gasteiger charge is 2.05. The number of hydrogen-bond acceptors (Lipinski definition) is 2. The van der Waals surface area contributed by atoms with Crippen LogP contribution in [0.3, 0.4) is 0 Å².